The van der Waals surface area contributed by atoms with Gasteiger partial charge in [-0.05, 0) is 91.8 Å². The van der Waals surface area contributed by atoms with Crippen molar-refractivity contribution < 1.29 is 18.3 Å². The lowest BCUT2D eigenvalue weighted by atomic mass is 9.86. The Balaban J connectivity index is 1.43. The molecule has 0 spiro atoms. The average Bonchev–Trinajstić information content (AvgIpc) is 3.61. The Kier molecular flexibility index (Phi) is 5.97. The molecule has 2 fully saturated rings. The fraction of sp³-hybridized carbons (Fsp3) is 0.286. The molecule has 3 aromatic carbocycles. The highest BCUT2D eigenvalue weighted by molar-refractivity contribution is 7.89. The number of nitrogens with one attached hydrogen (secondary N) is 1. The molecule has 0 unspecified atom stereocenters. The summed E-state index contributed by atoms with van der Waals surface area (Å²) in [5.41, 5.74) is 1.70. The Bertz CT molecular complexity index is 1730. The number of hydrogen-bond donors (Lipinski definition) is 2. The lowest BCUT2D eigenvalue weighted by Gasteiger charge is -2.25. The van der Waals surface area contributed by atoms with Crippen molar-refractivity contribution in [1.82, 2.24) is 13.9 Å². The van der Waals surface area contributed by atoms with E-state index in [-0.39, 0.29) is 16.1 Å². The molecule has 196 valence electrons. The van der Waals surface area contributed by atoms with Crippen LogP contribution in [0, 0.1) is 5.92 Å². The molecule has 10 heteroatoms. The highest BCUT2D eigenvalue weighted by atomic mass is 35.5. The molecule has 0 aliphatic heterocycles. The van der Waals surface area contributed by atoms with E-state index in [1.165, 1.54) is 22.8 Å². The van der Waals surface area contributed by atoms with E-state index in [0.717, 1.165) is 24.8 Å². The summed E-state index contributed by atoms with van der Waals surface area (Å²) in [7, 11) is -3.66. The van der Waals surface area contributed by atoms with E-state index in [4.69, 9.17) is 11.6 Å². The maximum Gasteiger partial charge on any atom is 0.335 e. The first kappa shape index (κ1) is 24.9. The summed E-state index contributed by atoms with van der Waals surface area (Å²) in [4.78, 5) is 25.8. The van der Waals surface area contributed by atoms with Crippen molar-refractivity contribution in [2.24, 2.45) is 5.92 Å². The minimum atomic E-state index is -3.66. The molecule has 1 aromatic heterocycles. The quantitative estimate of drug-likeness (QED) is 0.328. The highest BCUT2D eigenvalue weighted by Crippen LogP contribution is 2.50. The van der Waals surface area contributed by atoms with E-state index in [2.05, 4.69) is 4.72 Å². The summed E-state index contributed by atoms with van der Waals surface area (Å²) in [6, 6.07) is 18.2. The van der Waals surface area contributed by atoms with Gasteiger partial charge in [0.1, 0.15) is 0 Å². The molecule has 0 amide bonds. The molecule has 0 bridgehead atoms. The van der Waals surface area contributed by atoms with Crippen molar-refractivity contribution in [3.8, 4) is 5.69 Å². The number of fused-ring (bicyclic) bond motifs is 1. The molecule has 2 saturated carbocycles. The molecule has 4 aromatic rings. The Labute approximate surface area is 224 Å². The summed E-state index contributed by atoms with van der Waals surface area (Å²) in [6.45, 7) is 0.431. The van der Waals surface area contributed by atoms with E-state index in [0.29, 0.717) is 47.0 Å². The van der Waals surface area contributed by atoms with Crippen molar-refractivity contribution in [2.45, 2.75) is 42.5 Å². The largest absolute Gasteiger partial charge is 0.478 e. The Morgan fingerprint density at radius 1 is 1.03 bits per heavy atom. The first-order valence-electron chi connectivity index (χ1n) is 12.6. The second kappa shape index (κ2) is 9.11. The molecular weight excluding hydrogens is 526 g/mol. The third kappa shape index (κ3) is 4.15. The number of rotatable bonds is 8. The van der Waals surface area contributed by atoms with Gasteiger partial charge in [-0.1, -0.05) is 30.2 Å². The van der Waals surface area contributed by atoms with Crippen LogP contribution in [-0.4, -0.2) is 35.2 Å². The topological polar surface area (TPSA) is 110 Å². The van der Waals surface area contributed by atoms with Crippen LogP contribution in [0.15, 0.2) is 76.4 Å². The Hall–Kier alpha value is -3.40. The molecule has 0 radical (unpaired) electrons. The number of hydrogen-bond acceptors (Lipinski definition) is 4. The maximum absolute atomic E-state index is 14.0. The summed E-state index contributed by atoms with van der Waals surface area (Å²) < 4.78 is 31.5. The second-order valence-corrected chi connectivity index (χ2v) is 12.4. The van der Waals surface area contributed by atoms with Crippen molar-refractivity contribution in [3.63, 3.8) is 0 Å². The van der Waals surface area contributed by atoms with Gasteiger partial charge in [0, 0.05) is 11.6 Å². The monoisotopic (exact) mass is 551 g/mol. The number of carboxylic acid groups (broad SMARTS) is 1. The number of imidazole rings is 1. The van der Waals surface area contributed by atoms with Gasteiger partial charge in [-0.15, -0.1) is 0 Å². The molecular formula is C28H26ClN3O5S. The SMILES string of the molecule is O=C(O)c1cccc(C2(n3c(=O)n(-c4ccc(S(=O)(=O)NCC5CCC5)cc4)c4cc(Cl)ccc43)CC2)c1. The predicted octanol–water partition coefficient (Wildman–Crippen LogP) is 4.76. The lowest BCUT2D eigenvalue weighted by molar-refractivity contribution is 0.0696. The minimum Gasteiger partial charge on any atom is -0.478 e. The van der Waals surface area contributed by atoms with E-state index in [1.54, 1.807) is 47.0 Å². The minimum absolute atomic E-state index is 0.138. The van der Waals surface area contributed by atoms with E-state index in [9.17, 15) is 23.1 Å². The van der Waals surface area contributed by atoms with Crippen LogP contribution < -0.4 is 10.4 Å². The van der Waals surface area contributed by atoms with Crippen molar-refractivity contribution >= 4 is 38.6 Å². The summed E-state index contributed by atoms with van der Waals surface area (Å²) >= 11 is 6.33. The van der Waals surface area contributed by atoms with Crippen LogP contribution in [0.5, 0.6) is 0 Å². The van der Waals surface area contributed by atoms with Gasteiger partial charge in [0.05, 0.1) is 32.7 Å². The smallest absolute Gasteiger partial charge is 0.335 e. The Morgan fingerprint density at radius 3 is 2.39 bits per heavy atom. The van der Waals surface area contributed by atoms with E-state index in [1.807, 2.05) is 6.07 Å². The molecule has 2 aliphatic rings. The van der Waals surface area contributed by atoms with Gasteiger partial charge in [0.25, 0.3) is 0 Å². The summed E-state index contributed by atoms with van der Waals surface area (Å²) in [6.07, 6.45) is 4.58. The molecule has 0 atom stereocenters. The zero-order valence-corrected chi connectivity index (χ0v) is 22.0. The average molecular weight is 552 g/mol. The van der Waals surface area contributed by atoms with Crippen LogP contribution in [-0.2, 0) is 15.6 Å². The molecule has 2 aliphatic carbocycles. The normalized spacial score (nSPS) is 16.9. The van der Waals surface area contributed by atoms with Crippen molar-refractivity contribution in [3.05, 3.63) is 93.4 Å². The van der Waals surface area contributed by atoms with Crippen LogP contribution in [0.1, 0.15) is 48.0 Å². The number of carboxylic acids is 1. The first-order valence-corrected chi connectivity index (χ1v) is 14.4. The second-order valence-electron chi connectivity index (χ2n) is 10.1. The van der Waals surface area contributed by atoms with Crippen LogP contribution in [0.3, 0.4) is 0 Å². The zero-order valence-electron chi connectivity index (χ0n) is 20.4. The molecule has 8 nitrogen and oxygen atoms in total. The third-order valence-corrected chi connectivity index (χ3v) is 9.47. The van der Waals surface area contributed by atoms with Gasteiger partial charge < -0.3 is 5.11 Å². The standard InChI is InChI=1S/C28H26ClN3O5S/c29-21-7-12-24-25(16-21)31(22-8-10-23(11-9-22)38(36,37)30-17-18-3-1-4-18)27(35)32(24)28(13-14-28)20-6-2-5-19(15-20)26(33)34/h2,5-12,15-16,18,30H,1,3-4,13-14,17H2,(H,33,34). The molecule has 0 saturated heterocycles. The van der Waals surface area contributed by atoms with Crippen LogP contribution in [0.4, 0.5) is 0 Å². The third-order valence-electron chi connectivity index (χ3n) is 7.79. The number of nitrogens with zero attached hydrogens (tertiary/aromatic N) is 2. The molecule has 1 heterocycles. The summed E-state index contributed by atoms with van der Waals surface area (Å²) in [5, 5.41) is 9.96. The van der Waals surface area contributed by atoms with Crippen LogP contribution in [0.2, 0.25) is 5.02 Å². The maximum atomic E-state index is 14.0. The summed E-state index contributed by atoms with van der Waals surface area (Å²) in [5.74, 6) is -0.633. The first-order chi connectivity index (χ1) is 18.2. The number of carbonyl (C=O) groups is 1. The Morgan fingerprint density at radius 2 is 1.76 bits per heavy atom. The molecule has 2 N–H and O–H groups in total. The van der Waals surface area contributed by atoms with Gasteiger partial charge in [-0.3, -0.25) is 9.13 Å². The van der Waals surface area contributed by atoms with Crippen molar-refractivity contribution in [1.29, 1.82) is 0 Å². The van der Waals surface area contributed by atoms with Gasteiger partial charge in [0.15, 0.2) is 0 Å². The fourth-order valence-electron chi connectivity index (χ4n) is 5.32. The highest BCUT2D eigenvalue weighted by Gasteiger charge is 2.49. The van der Waals surface area contributed by atoms with E-state index >= 15 is 0 Å². The lowest BCUT2D eigenvalue weighted by Crippen LogP contribution is -2.33. The van der Waals surface area contributed by atoms with E-state index < -0.39 is 21.5 Å². The van der Waals surface area contributed by atoms with Crippen LogP contribution in [0.25, 0.3) is 16.7 Å². The number of aromatic carboxylic acids is 1. The predicted molar refractivity (Wildman–Crippen MR) is 145 cm³/mol. The zero-order chi connectivity index (χ0) is 26.7. The van der Waals surface area contributed by atoms with Gasteiger partial charge >= 0.3 is 11.7 Å². The molecule has 38 heavy (non-hydrogen) atoms. The van der Waals surface area contributed by atoms with Gasteiger partial charge in [-0.25, -0.2) is 22.7 Å². The van der Waals surface area contributed by atoms with Gasteiger partial charge in [0.2, 0.25) is 10.0 Å². The molecule has 6 rings (SSSR count). The van der Waals surface area contributed by atoms with Crippen LogP contribution >= 0.6 is 11.6 Å². The number of halogens is 1. The van der Waals surface area contributed by atoms with Crippen molar-refractivity contribution in [2.75, 3.05) is 6.54 Å². The number of aromatic nitrogens is 2. The number of benzene rings is 3. The number of sulfonamides is 1. The van der Waals surface area contributed by atoms with Gasteiger partial charge in [-0.2, -0.15) is 0 Å². The fourth-order valence-corrected chi connectivity index (χ4v) is 6.60.